The summed E-state index contributed by atoms with van der Waals surface area (Å²) < 4.78 is 5.64. The lowest BCUT2D eigenvalue weighted by atomic mass is 10.1. The van der Waals surface area contributed by atoms with Gasteiger partial charge in [0, 0.05) is 32.8 Å². The molecular formula is C20H29N3O2. The number of carbonyl (C=O) groups is 1. The molecule has 1 aromatic rings. The lowest BCUT2D eigenvalue weighted by molar-refractivity contribution is -0.118. The number of carbonyl (C=O) groups excluding carboxylic acids is 1. The number of benzene rings is 1. The van der Waals surface area contributed by atoms with Crippen molar-refractivity contribution in [2.75, 3.05) is 47.9 Å². The lowest BCUT2D eigenvalue weighted by Gasteiger charge is -2.28. The van der Waals surface area contributed by atoms with Crippen molar-refractivity contribution in [2.24, 2.45) is 0 Å². The third kappa shape index (κ3) is 3.76. The van der Waals surface area contributed by atoms with Crippen molar-refractivity contribution < 1.29 is 9.53 Å². The van der Waals surface area contributed by atoms with E-state index in [4.69, 9.17) is 4.74 Å². The van der Waals surface area contributed by atoms with Crippen molar-refractivity contribution in [2.45, 2.75) is 51.0 Å². The molecule has 0 aliphatic carbocycles. The van der Waals surface area contributed by atoms with E-state index in [0.29, 0.717) is 6.42 Å². The summed E-state index contributed by atoms with van der Waals surface area (Å²) in [5, 5.41) is 3.26. The van der Waals surface area contributed by atoms with Crippen LogP contribution in [0.1, 0.15) is 44.9 Å². The van der Waals surface area contributed by atoms with Crippen molar-refractivity contribution >= 4 is 23.0 Å². The van der Waals surface area contributed by atoms with Crippen LogP contribution in [0.5, 0.6) is 0 Å². The first-order valence-electron chi connectivity index (χ1n) is 9.85. The normalized spacial score (nSPS) is 23.4. The molecule has 1 unspecified atom stereocenters. The highest BCUT2D eigenvalue weighted by Gasteiger charge is 2.25. The van der Waals surface area contributed by atoms with Gasteiger partial charge in [0.2, 0.25) is 5.91 Å². The minimum atomic E-state index is 0.0824. The first kappa shape index (κ1) is 16.7. The van der Waals surface area contributed by atoms with Gasteiger partial charge in [-0.2, -0.15) is 0 Å². The Morgan fingerprint density at radius 1 is 1.00 bits per heavy atom. The van der Waals surface area contributed by atoms with Crippen LogP contribution >= 0.6 is 0 Å². The van der Waals surface area contributed by atoms with Gasteiger partial charge in [0.25, 0.3) is 0 Å². The van der Waals surface area contributed by atoms with Crippen LogP contribution in [0, 0.1) is 0 Å². The fraction of sp³-hybridized carbons (Fsp3) is 0.650. The van der Waals surface area contributed by atoms with E-state index in [1.807, 2.05) is 0 Å². The maximum Gasteiger partial charge on any atom is 0.227 e. The molecule has 1 N–H and O–H groups in total. The smallest absolute Gasteiger partial charge is 0.227 e. The molecule has 136 valence electrons. The maximum atomic E-state index is 12.7. The van der Waals surface area contributed by atoms with Crippen LogP contribution in [-0.2, 0) is 9.53 Å². The second-order valence-corrected chi connectivity index (χ2v) is 7.45. The second kappa shape index (κ2) is 7.65. The summed E-state index contributed by atoms with van der Waals surface area (Å²) in [6, 6.07) is 6.45. The van der Waals surface area contributed by atoms with Crippen LogP contribution < -0.4 is 15.1 Å². The molecule has 5 nitrogen and oxygen atoms in total. The number of para-hydroxylation sites is 1. The third-order valence-electron chi connectivity index (χ3n) is 5.62. The molecule has 0 saturated carbocycles. The largest absolute Gasteiger partial charge is 0.378 e. The molecule has 25 heavy (non-hydrogen) atoms. The Morgan fingerprint density at radius 3 is 2.12 bits per heavy atom. The minimum absolute atomic E-state index is 0.0824. The van der Waals surface area contributed by atoms with Crippen molar-refractivity contribution in [3.05, 3.63) is 18.2 Å². The van der Waals surface area contributed by atoms with Gasteiger partial charge in [0.1, 0.15) is 0 Å². The van der Waals surface area contributed by atoms with Gasteiger partial charge in [0.05, 0.1) is 29.6 Å². The summed E-state index contributed by atoms with van der Waals surface area (Å²) in [5.41, 5.74) is 3.37. The van der Waals surface area contributed by atoms with Gasteiger partial charge < -0.3 is 19.9 Å². The van der Waals surface area contributed by atoms with Crippen LogP contribution in [-0.4, -0.2) is 44.8 Å². The Morgan fingerprint density at radius 2 is 1.60 bits per heavy atom. The van der Waals surface area contributed by atoms with Crippen molar-refractivity contribution in [1.82, 2.24) is 0 Å². The highest BCUT2D eigenvalue weighted by Crippen LogP contribution is 2.38. The second-order valence-electron chi connectivity index (χ2n) is 7.45. The van der Waals surface area contributed by atoms with Crippen molar-refractivity contribution in [3.8, 4) is 0 Å². The maximum absolute atomic E-state index is 12.7. The molecule has 5 heteroatoms. The van der Waals surface area contributed by atoms with Gasteiger partial charge in [-0.1, -0.05) is 6.07 Å². The van der Waals surface area contributed by atoms with E-state index in [0.717, 1.165) is 51.3 Å². The summed E-state index contributed by atoms with van der Waals surface area (Å²) in [6.07, 6.45) is 7.56. The van der Waals surface area contributed by atoms with Gasteiger partial charge in [0.15, 0.2) is 0 Å². The van der Waals surface area contributed by atoms with E-state index in [9.17, 15) is 4.79 Å². The third-order valence-corrected chi connectivity index (χ3v) is 5.62. The lowest BCUT2D eigenvalue weighted by Crippen LogP contribution is -2.26. The molecule has 4 rings (SSSR count). The van der Waals surface area contributed by atoms with Gasteiger partial charge in [-0.15, -0.1) is 0 Å². The highest BCUT2D eigenvalue weighted by molar-refractivity contribution is 5.99. The number of ether oxygens (including phenoxy) is 1. The number of nitrogens with one attached hydrogen (secondary N) is 1. The average Bonchev–Trinajstić information content (AvgIpc) is 3.38. The predicted molar refractivity (Wildman–Crippen MR) is 102 cm³/mol. The van der Waals surface area contributed by atoms with Crippen molar-refractivity contribution in [3.63, 3.8) is 0 Å². The summed E-state index contributed by atoms with van der Waals surface area (Å²) in [5.74, 6) is 0.0824. The topological polar surface area (TPSA) is 44.8 Å². The SMILES string of the molecule is O=C(CC1CCCO1)Nc1c(N2CCCC2)cccc1N1CCCC1. The Balaban J connectivity index is 1.58. The van der Waals surface area contributed by atoms with E-state index in [-0.39, 0.29) is 12.0 Å². The van der Waals surface area contributed by atoms with Gasteiger partial charge in [-0.25, -0.2) is 0 Å². The Hall–Kier alpha value is -1.75. The quantitative estimate of drug-likeness (QED) is 0.890. The summed E-state index contributed by atoms with van der Waals surface area (Å²) in [4.78, 5) is 17.5. The zero-order valence-electron chi connectivity index (χ0n) is 15.0. The number of hydrogen-bond donors (Lipinski definition) is 1. The molecule has 3 heterocycles. The van der Waals surface area contributed by atoms with Crippen LogP contribution in [0.4, 0.5) is 17.1 Å². The van der Waals surface area contributed by atoms with Crippen LogP contribution in [0.25, 0.3) is 0 Å². The summed E-state index contributed by atoms with van der Waals surface area (Å²) >= 11 is 0. The van der Waals surface area contributed by atoms with E-state index in [2.05, 4.69) is 33.3 Å². The number of rotatable bonds is 5. The van der Waals surface area contributed by atoms with E-state index in [1.54, 1.807) is 0 Å². The zero-order chi connectivity index (χ0) is 17.1. The van der Waals surface area contributed by atoms with E-state index >= 15 is 0 Å². The van der Waals surface area contributed by atoms with Gasteiger partial charge >= 0.3 is 0 Å². The Bertz CT molecular complexity index is 567. The first-order valence-corrected chi connectivity index (χ1v) is 9.85. The number of nitrogens with zero attached hydrogens (tertiary/aromatic N) is 2. The molecule has 3 saturated heterocycles. The van der Waals surface area contributed by atoms with Crippen LogP contribution in [0.3, 0.4) is 0 Å². The minimum Gasteiger partial charge on any atom is -0.378 e. The molecule has 3 fully saturated rings. The molecule has 3 aliphatic rings. The first-order chi connectivity index (χ1) is 12.3. The summed E-state index contributed by atoms with van der Waals surface area (Å²) in [6.45, 7) is 5.12. The van der Waals surface area contributed by atoms with Crippen LogP contribution in [0.2, 0.25) is 0 Å². The van der Waals surface area contributed by atoms with Gasteiger partial charge in [-0.3, -0.25) is 4.79 Å². The number of amides is 1. The van der Waals surface area contributed by atoms with E-state index < -0.39 is 0 Å². The number of anilines is 3. The molecular weight excluding hydrogens is 314 g/mol. The Labute approximate surface area is 150 Å². The zero-order valence-corrected chi connectivity index (χ0v) is 15.0. The highest BCUT2D eigenvalue weighted by atomic mass is 16.5. The Kier molecular flexibility index (Phi) is 5.11. The monoisotopic (exact) mass is 343 g/mol. The molecule has 3 aliphatic heterocycles. The molecule has 0 bridgehead atoms. The van der Waals surface area contributed by atoms with E-state index in [1.165, 1.54) is 37.1 Å². The molecule has 0 spiro atoms. The molecule has 1 aromatic carbocycles. The van der Waals surface area contributed by atoms with Crippen LogP contribution in [0.15, 0.2) is 18.2 Å². The molecule has 0 aromatic heterocycles. The average molecular weight is 343 g/mol. The molecule has 1 amide bonds. The predicted octanol–water partition coefficient (Wildman–Crippen LogP) is 3.39. The fourth-order valence-electron chi connectivity index (χ4n) is 4.30. The van der Waals surface area contributed by atoms with Crippen molar-refractivity contribution in [1.29, 1.82) is 0 Å². The number of hydrogen-bond acceptors (Lipinski definition) is 4. The fourth-order valence-corrected chi connectivity index (χ4v) is 4.30. The summed E-state index contributed by atoms with van der Waals surface area (Å²) in [7, 11) is 0. The standard InChI is InChI=1S/C20H29N3O2/c24-19(15-16-7-6-14-25-16)21-20-17(22-10-1-2-11-22)8-5-9-18(20)23-12-3-4-13-23/h5,8-9,16H,1-4,6-7,10-15H2,(H,21,24). The molecule has 0 radical (unpaired) electrons. The molecule has 1 atom stereocenters. The van der Waals surface area contributed by atoms with Gasteiger partial charge in [-0.05, 0) is 50.7 Å².